The van der Waals surface area contributed by atoms with Gasteiger partial charge in [-0.2, -0.15) is 9.40 Å². The number of amides is 1. The molecule has 10 nitrogen and oxygen atoms in total. The van der Waals surface area contributed by atoms with Crippen molar-refractivity contribution < 1.29 is 17.7 Å². The van der Waals surface area contributed by atoms with E-state index >= 15 is 0 Å². The Labute approximate surface area is 180 Å². The molecule has 0 aliphatic carbocycles. The molecule has 1 amide bonds. The van der Waals surface area contributed by atoms with Crippen LogP contribution in [0, 0.1) is 27.7 Å². The molecule has 1 fully saturated rings. The molecule has 0 spiro atoms. The molecule has 0 atom stereocenters. The van der Waals surface area contributed by atoms with Crippen molar-refractivity contribution in [1.29, 1.82) is 0 Å². The van der Waals surface area contributed by atoms with Crippen LogP contribution in [-0.2, 0) is 17.1 Å². The summed E-state index contributed by atoms with van der Waals surface area (Å²) < 4.78 is 34.5. The maximum Gasteiger partial charge on any atom is 0.254 e. The third-order valence-corrected chi connectivity index (χ3v) is 7.78. The maximum atomic E-state index is 13.4. The summed E-state index contributed by atoms with van der Waals surface area (Å²) in [5, 5.41) is 8.92. The molecule has 31 heavy (non-hydrogen) atoms. The van der Waals surface area contributed by atoms with Crippen LogP contribution in [-0.4, -0.2) is 69.6 Å². The van der Waals surface area contributed by atoms with Gasteiger partial charge < -0.3 is 9.42 Å². The summed E-state index contributed by atoms with van der Waals surface area (Å²) in [6, 6.07) is 1.78. The zero-order chi connectivity index (χ0) is 22.5. The first-order chi connectivity index (χ1) is 14.6. The van der Waals surface area contributed by atoms with Crippen LogP contribution in [0.2, 0.25) is 0 Å². The molecule has 0 N–H and O–H groups in total. The van der Waals surface area contributed by atoms with Crippen molar-refractivity contribution in [3.63, 3.8) is 0 Å². The summed E-state index contributed by atoms with van der Waals surface area (Å²) in [4.78, 5) is 19.8. The molecule has 1 aliphatic heterocycles. The first-order valence-electron chi connectivity index (χ1n) is 10.1. The van der Waals surface area contributed by atoms with Crippen molar-refractivity contribution >= 4 is 27.0 Å². The number of fused-ring (bicyclic) bond motifs is 1. The van der Waals surface area contributed by atoms with E-state index in [0.29, 0.717) is 43.0 Å². The Kier molecular flexibility index (Phi) is 5.34. The fourth-order valence-corrected chi connectivity index (χ4v) is 5.98. The number of aryl methyl sites for hydroxylation is 5. The minimum atomic E-state index is -3.75. The zero-order valence-corrected chi connectivity index (χ0v) is 19.2. The van der Waals surface area contributed by atoms with Gasteiger partial charge in [-0.3, -0.25) is 9.48 Å². The second kappa shape index (κ2) is 7.72. The molecule has 0 radical (unpaired) electrons. The summed E-state index contributed by atoms with van der Waals surface area (Å²) in [6.45, 7) is 8.20. The lowest BCUT2D eigenvalue weighted by Crippen LogP contribution is -2.37. The quantitative estimate of drug-likeness (QED) is 0.602. The van der Waals surface area contributed by atoms with Gasteiger partial charge in [-0.15, -0.1) is 0 Å². The van der Waals surface area contributed by atoms with Crippen LogP contribution in [0.15, 0.2) is 15.5 Å². The molecule has 4 rings (SSSR count). The van der Waals surface area contributed by atoms with E-state index in [0.717, 1.165) is 16.8 Å². The highest BCUT2D eigenvalue weighted by Crippen LogP contribution is 2.26. The Morgan fingerprint density at radius 1 is 1.06 bits per heavy atom. The lowest BCUT2D eigenvalue weighted by atomic mass is 10.1. The smallest absolute Gasteiger partial charge is 0.254 e. The number of pyridine rings is 1. The number of carbonyl (C=O) groups excluding carboxylic acids is 1. The highest BCUT2D eigenvalue weighted by atomic mass is 32.2. The van der Waals surface area contributed by atoms with Gasteiger partial charge in [0.15, 0.2) is 11.4 Å². The first kappa shape index (κ1) is 21.4. The molecule has 0 saturated carbocycles. The minimum absolute atomic E-state index is 0.115. The zero-order valence-electron chi connectivity index (χ0n) is 18.3. The van der Waals surface area contributed by atoms with Crippen LogP contribution in [0.4, 0.5) is 0 Å². The molecular formula is C20H26N6O4S. The lowest BCUT2D eigenvalue weighted by molar-refractivity contribution is 0.0766. The van der Waals surface area contributed by atoms with Crippen molar-refractivity contribution in [2.75, 3.05) is 26.2 Å². The number of nitrogens with zero attached hydrogens (tertiary/aromatic N) is 6. The summed E-state index contributed by atoms with van der Waals surface area (Å²) in [5.74, 6) is 0.138. The average Bonchev–Trinajstić information content (AvgIpc) is 3.07. The predicted octanol–water partition coefficient (Wildman–Crippen LogP) is 1.73. The van der Waals surface area contributed by atoms with Crippen LogP contribution in [0.5, 0.6) is 0 Å². The van der Waals surface area contributed by atoms with Gasteiger partial charge in [-0.05, 0) is 40.2 Å². The van der Waals surface area contributed by atoms with Crippen molar-refractivity contribution in [2.24, 2.45) is 7.05 Å². The van der Waals surface area contributed by atoms with E-state index in [9.17, 15) is 13.2 Å². The van der Waals surface area contributed by atoms with Gasteiger partial charge >= 0.3 is 0 Å². The standard InChI is InChI=1S/C20H26N6O4S/c1-12-11-16(17-13(2)22-24(5)19(17)21-12)20(27)25-7-6-8-26(10-9-25)31(28,29)18-14(3)23-30-15(18)4/h11H,6-10H2,1-5H3. The van der Waals surface area contributed by atoms with Crippen LogP contribution in [0.1, 0.15) is 39.6 Å². The van der Waals surface area contributed by atoms with E-state index in [1.54, 1.807) is 36.5 Å². The van der Waals surface area contributed by atoms with Crippen LogP contribution >= 0.6 is 0 Å². The molecule has 166 valence electrons. The summed E-state index contributed by atoms with van der Waals surface area (Å²) in [7, 11) is -1.94. The van der Waals surface area contributed by atoms with Gasteiger partial charge in [0.25, 0.3) is 5.91 Å². The molecule has 1 saturated heterocycles. The minimum Gasteiger partial charge on any atom is -0.360 e. The third kappa shape index (κ3) is 3.61. The monoisotopic (exact) mass is 446 g/mol. The van der Waals surface area contributed by atoms with E-state index in [2.05, 4.69) is 15.2 Å². The topological polar surface area (TPSA) is 114 Å². The fourth-order valence-electron chi connectivity index (χ4n) is 4.22. The Morgan fingerprint density at radius 2 is 1.81 bits per heavy atom. The van der Waals surface area contributed by atoms with Crippen molar-refractivity contribution in [3.05, 3.63) is 34.5 Å². The highest BCUT2D eigenvalue weighted by Gasteiger charge is 2.33. The molecule has 3 aromatic rings. The molecule has 3 aromatic heterocycles. The summed E-state index contributed by atoms with van der Waals surface area (Å²) in [5.41, 5.74) is 3.03. The summed E-state index contributed by atoms with van der Waals surface area (Å²) in [6.07, 6.45) is 0.535. The Balaban J connectivity index is 1.62. The molecule has 0 aromatic carbocycles. The number of rotatable bonds is 3. The van der Waals surface area contributed by atoms with Crippen LogP contribution < -0.4 is 0 Å². The molecule has 11 heteroatoms. The van der Waals surface area contributed by atoms with Crippen LogP contribution in [0.3, 0.4) is 0 Å². The number of hydrogen-bond donors (Lipinski definition) is 0. The largest absolute Gasteiger partial charge is 0.360 e. The Bertz CT molecular complexity index is 1260. The van der Waals surface area contributed by atoms with E-state index in [-0.39, 0.29) is 23.1 Å². The number of sulfonamides is 1. The van der Waals surface area contributed by atoms with Gasteiger partial charge in [0, 0.05) is 38.9 Å². The highest BCUT2D eigenvalue weighted by molar-refractivity contribution is 7.89. The van der Waals surface area contributed by atoms with Gasteiger partial charge in [-0.25, -0.2) is 13.4 Å². The molecular weight excluding hydrogens is 420 g/mol. The van der Waals surface area contributed by atoms with Gasteiger partial charge in [0.2, 0.25) is 10.0 Å². The normalized spacial score (nSPS) is 16.1. The van der Waals surface area contributed by atoms with Crippen molar-refractivity contribution in [3.8, 4) is 0 Å². The van der Waals surface area contributed by atoms with Crippen molar-refractivity contribution in [2.45, 2.75) is 39.0 Å². The molecule has 1 aliphatic rings. The predicted molar refractivity (Wildman–Crippen MR) is 113 cm³/mol. The molecule has 0 bridgehead atoms. The van der Waals surface area contributed by atoms with Crippen molar-refractivity contribution in [1.82, 2.24) is 29.1 Å². The van der Waals surface area contributed by atoms with Gasteiger partial charge in [0.1, 0.15) is 10.6 Å². The van der Waals surface area contributed by atoms with E-state index in [1.807, 2.05) is 13.8 Å². The van der Waals surface area contributed by atoms with E-state index in [4.69, 9.17) is 4.52 Å². The summed E-state index contributed by atoms with van der Waals surface area (Å²) >= 11 is 0. The molecule has 4 heterocycles. The second-order valence-corrected chi connectivity index (χ2v) is 9.80. The lowest BCUT2D eigenvalue weighted by Gasteiger charge is -2.22. The fraction of sp³-hybridized carbons (Fsp3) is 0.500. The number of carbonyl (C=O) groups is 1. The first-order valence-corrected chi connectivity index (χ1v) is 11.6. The third-order valence-electron chi connectivity index (χ3n) is 5.63. The SMILES string of the molecule is Cc1cc(C(=O)N2CCCN(S(=O)(=O)c3c(C)noc3C)CC2)c2c(C)nn(C)c2n1. The van der Waals surface area contributed by atoms with E-state index < -0.39 is 10.0 Å². The van der Waals surface area contributed by atoms with Gasteiger partial charge in [-0.1, -0.05) is 5.16 Å². The maximum absolute atomic E-state index is 13.4. The Morgan fingerprint density at radius 3 is 2.48 bits per heavy atom. The Hall–Kier alpha value is -2.79. The molecule has 0 unspecified atom stereocenters. The number of hydrogen-bond acceptors (Lipinski definition) is 7. The number of aromatic nitrogens is 4. The van der Waals surface area contributed by atoms with Gasteiger partial charge in [0.05, 0.1) is 16.6 Å². The second-order valence-electron chi connectivity index (χ2n) is 7.92. The van der Waals surface area contributed by atoms with E-state index in [1.165, 1.54) is 4.31 Å². The average molecular weight is 447 g/mol. The van der Waals surface area contributed by atoms with Crippen LogP contribution in [0.25, 0.3) is 11.0 Å².